The molecular formula is C12H19F3N2O4. The Morgan fingerprint density at radius 2 is 2.05 bits per heavy atom. The number of piperidine rings is 1. The number of hydrogen-bond acceptors (Lipinski definition) is 4. The lowest BCUT2D eigenvalue weighted by Crippen LogP contribution is -2.58. The van der Waals surface area contributed by atoms with Crippen molar-refractivity contribution < 1.29 is 32.7 Å². The van der Waals surface area contributed by atoms with Gasteiger partial charge in [0, 0.05) is 12.6 Å². The number of unbranched alkanes of at least 4 members (excludes halogenated alkanes) is 1. The van der Waals surface area contributed by atoms with Crippen LogP contribution in [0.2, 0.25) is 0 Å². The number of likely N-dealkylation sites (tertiary alicyclic amines) is 1. The van der Waals surface area contributed by atoms with Crippen LogP contribution in [0.5, 0.6) is 0 Å². The van der Waals surface area contributed by atoms with Gasteiger partial charge in [-0.3, -0.25) is 4.79 Å². The minimum absolute atomic E-state index is 0.0496. The highest BCUT2D eigenvalue weighted by Crippen LogP contribution is 2.25. The van der Waals surface area contributed by atoms with Crippen molar-refractivity contribution in [1.82, 2.24) is 10.4 Å². The largest absolute Gasteiger partial charge is 0.480 e. The Bertz CT molecular complexity index is 376. The number of carbonyl (C=O) groups excluding carboxylic acids is 1. The number of carboxylic acids is 1. The highest BCUT2D eigenvalue weighted by atomic mass is 19.4. The van der Waals surface area contributed by atoms with Gasteiger partial charge in [0.15, 0.2) is 0 Å². The molecule has 0 aromatic heterocycles. The Labute approximate surface area is 120 Å². The second-order valence-electron chi connectivity index (χ2n) is 4.90. The maximum Gasteiger partial charge on any atom is 0.471 e. The standard InChI is InChI=1S/C12H19F3N2O4/c1-2-3-6-21-16-8-4-5-9(10(18)19)17(7-8)11(20)12(13,14)15/h8-9,16H,2-7H2,1H3,(H,18,19)/t8-,9?/m1/s1. The van der Waals surface area contributed by atoms with E-state index >= 15 is 0 Å². The van der Waals surface area contributed by atoms with E-state index in [0.29, 0.717) is 17.9 Å². The van der Waals surface area contributed by atoms with Crippen LogP contribution in [0.15, 0.2) is 0 Å². The van der Waals surface area contributed by atoms with E-state index in [1.807, 2.05) is 6.92 Å². The van der Waals surface area contributed by atoms with Crippen LogP contribution in [-0.4, -0.2) is 53.3 Å². The van der Waals surface area contributed by atoms with Gasteiger partial charge in [0.25, 0.3) is 0 Å². The number of alkyl halides is 3. The number of carbonyl (C=O) groups is 2. The molecule has 1 rings (SSSR count). The number of nitrogens with one attached hydrogen (secondary N) is 1. The molecule has 1 saturated heterocycles. The van der Waals surface area contributed by atoms with Crippen molar-refractivity contribution in [1.29, 1.82) is 0 Å². The molecule has 0 aliphatic carbocycles. The van der Waals surface area contributed by atoms with Crippen LogP contribution >= 0.6 is 0 Å². The summed E-state index contributed by atoms with van der Waals surface area (Å²) in [4.78, 5) is 27.8. The predicted octanol–water partition coefficient (Wildman–Crippen LogP) is 1.31. The first-order valence-corrected chi connectivity index (χ1v) is 6.75. The zero-order valence-electron chi connectivity index (χ0n) is 11.7. The van der Waals surface area contributed by atoms with Crippen molar-refractivity contribution in [2.75, 3.05) is 13.2 Å². The van der Waals surface area contributed by atoms with Gasteiger partial charge in [-0.05, 0) is 19.3 Å². The molecule has 1 fully saturated rings. The molecule has 9 heteroatoms. The molecule has 2 N–H and O–H groups in total. The van der Waals surface area contributed by atoms with E-state index in [-0.39, 0.29) is 13.0 Å². The SMILES string of the molecule is CCCCON[C@@H]1CCC(C(=O)O)N(C(=O)C(F)(F)F)C1. The van der Waals surface area contributed by atoms with Crippen molar-refractivity contribution in [2.45, 2.75) is 50.9 Å². The van der Waals surface area contributed by atoms with Crippen LogP contribution in [0.1, 0.15) is 32.6 Å². The normalized spacial score (nSPS) is 23.1. The Balaban J connectivity index is 2.65. The van der Waals surface area contributed by atoms with Gasteiger partial charge in [-0.2, -0.15) is 18.7 Å². The van der Waals surface area contributed by atoms with Gasteiger partial charge >= 0.3 is 18.1 Å². The van der Waals surface area contributed by atoms with E-state index in [0.717, 1.165) is 12.8 Å². The average molecular weight is 312 g/mol. The number of carboxylic acid groups (broad SMARTS) is 1. The van der Waals surface area contributed by atoms with Gasteiger partial charge in [0.2, 0.25) is 0 Å². The Morgan fingerprint density at radius 3 is 2.57 bits per heavy atom. The number of aliphatic carboxylic acids is 1. The van der Waals surface area contributed by atoms with E-state index in [1.165, 1.54) is 0 Å². The fourth-order valence-electron chi connectivity index (χ4n) is 2.10. The fraction of sp³-hybridized carbons (Fsp3) is 0.833. The van der Waals surface area contributed by atoms with Crippen LogP contribution in [0.25, 0.3) is 0 Å². The highest BCUT2D eigenvalue weighted by Gasteiger charge is 2.48. The summed E-state index contributed by atoms with van der Waals surface area (Å²) in [6.07, 6.45) is -3.11. The van der Waals surface area contributed by atoms with Gasteiger partial charge in [0.05, 0.1) is 6.61 Å². The summed E-state index contributed by atoms with van der Waals surface area (Å²) < 4.78 is 37.5. The molecule has 0 radical (unpaired) electrons. The summed E-state index contributed by atoms with van der Waals surface area (Å²) >= 11 is 0. The lowest BCUT2D eigenvalue weighted by atomic mass is 9.98. The molecule has 1 aliphatic heterocycles. The van der Waals surface area contributed by atoms with E-state index in [1.54, 1.807) is 0 Å². The molecule has 1 amide bonds. The number of nitrogens with zero attached hydrogens (tertiary/aromatic N) is 1. The highest BCUT2D eigenvalue weighted by molar-refractivity contribution is 5.87. The molecule has 1 aliphatic rings. The minimum Gasteiger partial charge on any atom is -0.480 e. The molecule has 0 bridgehead atoms. The summed E-state index contributed by atoms with van der Waals surface area (Å²) in [5.74, 6) is -3.56. The molecule has 1 heterocycles. The van der Waals surface area contributed by atoms with Gasteiger partial charge in [-0.1, -0.05) is 13.3 Å². The summed E-state index contributed by atoms with van der Waals surface area (Å²) in [6, 6.07) is -1.96. The van der Waals surface area contributed by atoms with Crippen LogP contribution < -0.4 is 5.48 Å². The molecule has 6 nitrogen and oxygen atoms in total. The smallest absolute Gasteiger partial charge is 0.471 e. The molecule has 0 aromatic carbocycles. The number of hydroxylamine groups is 1. The number of hydrogen-bond donors (Lipinski definition) is 2. The van der Waals surface area contributed by atoms with Crippen LogP contribution in [0, 0.1) is 0 Å². The van der Waals surface area contributed by atoms with Crippen molar-refractivity contribution in [3.05, 3.63) is 0 Å². The summed E-state index contributed by atoms with van der Waals surface area (Å²) in [7, 11) is 0. The predicted molar refractivity (Wildman–Crippen MR) is 66.2 cm³/mol. The summed E-state index contributed by atoms with van der Waals surface area (Å²) in [5.41, 5.74) is 2.60. The number of halogens is 3. The lowest BCUT2D eigenvalue weighted by Gasteiger charge is -2.37. The maximum atomic E-state index is 12.5. The molecule has 0 spiro atoms. The van der Waals surface area contributed by atoms with Crippen LogP contribution in [0.4, 0.5) is 13.2 Å². The van der Waals surface area contributed by atoms with Gasteiger partial charge in [-0.25, -0.2) is 4.79 Å². The Kier molecular flexibility index (Phi) is 6.41. The second kappa shape index (κ2) is 7.60. The van der Waals surface area contributed by atoms with Gasteiger partial charge in [-0.15, -0.1) is 0 Å². The molecular weight excluding hydrogens is 293 g/mol. The quantitative estimate of drug-likeness (QED) is 0.571. The van der Waals surface area contributed by atoms with E-state index < -0.39 is 30.1 Å². The van der Waals surface area contributed by atoms with Crippen molar-refractivity contribution >= 4 is 11.9 Å². The lowest BCUT2D eigenvalue weighted by molar-refractivity contribution is -0.192. The van der Waals surface area contributed by atoms with Gasteiger partial charge in [0.1, 0.15) is 6.04 Å². The summed E-state index contributed by atoms with van der Waals surface area (Å²) in [6.45, 7) is 2.02. The van der Waals surface area contributed by atoms with E-state index in [2.05, 4.69) is 5.48 Å². The van der Waals surface area contributed by atoms with Crippen LogP contribution in [-0.2, 0) is 14.4 Å². The molecule has 2 atom stereocenters. The molecule has 1 unspecified atom stereocenters. The Morgan fingerprint density at radius 1 is 1.38 bits per heavy atom. The molecule has 122 valence electrons. The number of rotatable bonds is 6. The van der Waals surface area contributed by atoms with E-state index in [9.17, 15) is 22.8 Å². The summed E-state index contributed by atoms with van der Waals surface area (Å²) in [5, 5.41) is 8.94. The zero-order valence-corrected chi connectivity index (χ0v) is 11.7. The fourth-order valence-corrected chi connectivity index (χ4v) is 2.10. The Hall–Kier alpha value is -1.35. The molecule has 0 aromatic rings. The minimum atomic E-state index is -5.08. The maximum absolute atomic E-state index is 12.5. The first-order valence-electron chi connectivity index (χ1n) is 6.75. The first-order chi connectivity index (χ1) is 9.77. The number of amides is 1. The zero-order chi connectivity index (χ0) is 16.0. The van der Waals surface area contributed by atoms with Crippen molar-refractivity contribution in [3.8, 4) is 0 Å². The van der Waals surface area contributed by atoms with Gasteiger partial charge < -0.3 is 14.8 Å². The monoisotopic (exact) mass is 312 g/mol. The van der Waals surface area contributed by atoms with Crippen molar-refractivity contribution in [2.24, 2.45) is 0 Å². The third kappa shape index (κ3) is 5.16. The third-order valence-corrected chi connectivity index (χ3v) is 3.22. The third-order valence-electron chi connectivity index (χ3n) is 3.22. The van der Waals surface area contributed by atoms with E-state index in [4.69, 9.17) is 9.94 Å². The van der Waals surface area contributed by atoms with Crippen LogP contribution in [0.3, 0.4) is 0 Å². The first kappa shape index (κ1) is 17.7. The topological polar surface area (TPSA) is 78.9 Å². The second-order valence-corrected chi connectivity index (χ2v) is 4.90. The van der Waals surface area contributed by atoms with Crippen molar-refractivity contribution in [3.63, 3.8) is 0 Å². The molecule has 21 heavy (non-hydrogen) atoms. The average Bonchev–Trinajstić information content (AvgIpc) is 2.41. The molecule has 0 saturated carbocycles.